The minimum absolute atomic E-state index is 0.140. The summed E-state index contributed by atoms with van der Waals surface area (Å²) in [6, 6.07) is 14.8. The summed E-state index contributed by atoms with van der Waals surface area (Å²) in [7, 11) is 3.28. The molecule has 1 amide bonds. The van der Waals surface area contributed by atoms with E-state index in [9.17, 15) is 4.79 Å². The number of nitrogens with one attached hydrogen (secondary N) is 2. The van der Waals surface area contributed by atoms with Crippen molar-refractivity contribution >= 4 is 28.9 Å². The van der Waals surface area contributed by atoms with E-state index < -0.39 is 11.6 Å². The SMILES string of the molecule is COCCCN1C(=S)N[C@H]2c3ccccc3O[C@]1(C)[C@@H]2C(=O)Nc1ccc(OC)cc1. The first-order valence-electron chi connectivity index (χ1n) is 10.3. The summed E-state index contributed by atoms with van der Waals surface area (Å²) in [6.07, 6.45) is 0.760. The fraction of sp³-hybridized carbons (Fsp3) is 0.391. The summed E-state index contributed by atoms with van der Waals surface area (Å²) in [5.41, 5.74) is 0.680. The van der Waals surface area contributed by atoms with Crippen LogP contribution >= 0.6 is 12.2 Å². The number of rotatable bonds is 7. The predicted octanol–water partition coefficient (Wildman–Crippen LogP) is 3.33. The molecule has 3 atom stereocenters. The third-order valence-electron chi connectivity index (χ3n) is 5.91. The molecule has 0 aromatic heterocycles. The number of thiocarbonyl (C=S) groups is 1. The second-order valence-corrected chi connectivity index (χ2v) is 8.20. The molecule has 2 aromatic carbocycles. The first kappa shape index (κ1) is 21.4. The molecule has 2 heterocycles. The Morgan fingerprint density at radius 3 is 2.68 bits per heavy atom. The van der Waals surface area contributed by atoms with Crippen LogP contribution in [0.15, 0.2) is 48.5 Å². The Balaban J connectivity index is 1.68. The van der Waals surface area contributed by atoms with Crippen LogP contribution in [0, 0.1) is 5.92 Å². The van der Waals surface area contributed by atoms with Crippen LogP contribution in [-0.2, 0) is 9.53 Å². The number of methoxy groups -OCH3 is 2. The van der Waals surface area contributed by atoms with Crippen LogP contribution in [0.25, 0.3) is 0 Å². The molecule has 1 saturated heterocycles. The molecule has 2 N–H and O–H groups in total. The van der Waals surface area contributed by atoms with Crippen LogP contribution in [-0.4, -0.2) is 49.0 Å². The molecule has 31 heavy (non-hydrogen) atoms. The highest BCUT2D eigenvalue weighted by Crippen LogP contribution is 2.48. The van der Waals surface area contributed by atoms with Crippen LogP contribution in [0.5, 0.6) is 11.5 Å². The molecular weight excluding hydrogens is 414 g/mol. The quantitative estimate of drug-likeness (QED) is 0.504. The smallest absolute Gasteiger partial charge is 0.236 e. The summed E-state index contributed by atoms with van der Waals surface area (Å²) >= 11 is 5.68. The molecule has 2 aliphatic rings. The van der Waals surface area contributed by atoms with E-state index >= 15 is 0 Å². The van der Waals surface area contributed by atoms with Gasteiger partial charge in [-0.05, 0) is 55.9 Å². The van der Waals surface area contributed by atoms with Gasteiger partial charge in [0, 0.05) is 31.5 Å². The average molecular weight is 442 g/mol. The number of anilines is 1. The van der Waals surface area contributed by atoms with Crippen molar-refractivity contribution in [1.82, 2.24) is 10.2 Å². The monoisotopic (exact) mass is 441 g/mol. The van der Waals surface area contributed by atoms with Gasteiger partial charge in [-0.1, -0.05) is 18.2 Å². The van der Waals surface area contributed by atoms with Crippen LogP contribution in [0.4, 0.5) is 5.69 Å². The molecule has 2 bridgehead atoms. The molecule has 164 valence electrons. The number of carbonyl (C=O) groups excluding carboxylic acids is 1. The zero-order chi connectivity index (χ0) is 22.0. The molecule has 0 unspecified atom stereocenters. The van der Waals surface area contributed by atoms with E-state index in [0.717, 1.165) is 23.5 Å². The Morgan fingerprint density at radius 2 is 1.97 bits per heavy atom. The Hall–Kier alpha value is -2.84. The van der Waals surface area contributed by atoms with Crippen molar-refractivity contribution in [2.75, 3.05) is 32.7 Å². The Labute approximate surface area is 187 Å². The fourth-order valence-electron chi connectivity index (χ4n) is 4.38. The van der Waals surface area contributed by atoms with E-state index in [1.165, 1.54) is 0 Å². The van der Waals surface area contributed by atoms with Gasteiger partial charge in [0.25, 0.3) is 0 Å². The molecule has 0 radical (unpaired) electrons. The standard InChI is InChI=1S/C23H27N3O4S/c1-23-19(21(27)24-15-9-11-16(29-3)12-10-15)20(17-7-4-5-8-18(17)30-23)25-22(31)26(23)13-6-14-28-2/h4-5,7-12,19-20H,6,13-14H2,1-3H3,(H,24,27)(H,25,31)/t19-,20-,23+/m0/s1. The van der Waals surface area contributed by atoms with E-state index in [1.54, 1.807) is 14.2 Å². The molecule has 7 nitrogen and oxygen atoms in total. The maximum Gasteiger partial charge on any atom is 0.236 e. The van der Waals surface area contributed by atoms with Crippen LogP contribution in [0.3, 0.4) is 0 Å². The third-order valence-corrected chi connectivity index (χ3v) is 6.25. The fourth-order valence-corrected chi connectivity index (χ4v) is 4.78. The highest BCUT2D eigenvalue weighted by molar-refractivity contribution is 7.80. The zero-order valence-corrected chi connectivity index (χ0v) is 18.7. The summed E-state index contributed by atoms with van der Waals surface area (Å²) in [5, 5.41) is 7.01. The van der Waals surface area contributed by atoms with Gasteiger partial charge in [0.1, 0.15) is 17.4 Å². The maximum absolute atomic E-state index is 13.6. The molecule has 0 aliphatic carbocycles. The van der Waals surface area contributed by atoms with E-state index in [0.29, 0.717) is 24.0 Å². The van der Waals surface area contributed by atoms with Crippen molar-refractivity contribution < 1.29 is 19.0 Å². The molecule has 0 spiro atoms. The van der Waals surface area contributed by atoms with Gasteiger partial charge < -0.3 is 29.7 Å². The number of hydrogen-bond donors (Lipinski definition) is 2. The Kier molecular flexibility index (Phi) is 6.02. The summed E-state index contributed by atoms with van der Waals surface area (Å²) in [6.45, 7) is 3.14. The molecule has 2 aromatic rings. The minimum Gasteiger partial charge on any atom is -0.497 e. The van der Waals surface area contributed by atoms with E-state index in [1.807, 2.05) is 60.4 Å². The summed E-state index contributed by atoms with van der Waals surface area (Å²) < 4.78 is 16.9. The van der Waals surface area contributed by atoms with Gasteiger partial charge in [-0.25, -0.2) is 0 Å². The first-order valence-corrected chi connectivity index (χ1v) is 10.7. The van der Waals surface area contributed by atoms with Crippen molar-refractivity contribution in [2.45, 2.75) is 25.1 Å². The first-order chi connectivity index (χ1) is 15.0. The number of ether oxygens (including phenoxy) is 3. The second kappa shape index (κ2) is 8.72. The molecule has 8 heteroatoms. The van der Waals surface area contributed by atoms with Gasteiger partial charge in [-0.3, -0.25) is 4.79 Å². The number of fused-ring (bicyclic) bond motifs is 4. The van der Waals surface area contributed by atoms with Gasteiger partial charge in [-0.15, -0.1) is 0 Å². The number of hydrogen-bond acceptors (Lipinski definition) is 5. The number of nitrogens with zero attached hydrogens (tertiary/aromatic N) is 1. The normalized spacial score (nSPS) is 24.0. The number of benzene rings is 2. The number of carbonyl (C=O) groups is 1. The van der Waals surface area contributed by atoms with Crippen LogP contribution < -0.4 is 20.1 Å². The lowest BCUT2D eigenvalue weighted by Crippen LogP contribution is -2.71. The highest BCUT2D eigenvalue weighted by Gasteiger charge is 2.58. The highest BCUT2D eigenvalue weighted by atomic mass is 32.1. The van der Waals surface area contributed by atoms with Gasteiger partial charge in [0.15, 0.2) is 10.8 Å². The van der Waals surface area contributed by atoms with E-state index in [2.05, 4.69) is 10.6 Å². The maximum atomic E-state index is 13.6. The summed E-state index contributed by atoms with van der Waals surface area (Å²) in [5.74, 6) is 0.820. The predicted molar refractivity (Wildman–Crippen MR) is 122 cm³/mol. The minimum atomic E-state index is -0.939. The van der Waals surface area contributed by atoms with Crippen LogP contribution in [0.2, 0.25) is 0 Å². The molecule has 1 fully saturated rings. The number of amides is 1. The topological polar surface area (TPSA) is 72.1 Å². The molecular formula is C23H27N3O4S. The lowest BCUT2D eigenvalue weighted by Gasteiger charge is -2.56. The van der Waals surface area contributed by atoms with Gasteiger partial charge in [-0.2, -0.15) is 0 Å². The van der Waals surface area contributed by atoms with Crippen molar-refractivity contribution in [3.05, 3.63) is 54.1 Å². The molecule has 4 rings (SSSR count). The van der Waals surface area contributed by atoms with E-state index in [-0.39, 0.29) is 11.9 Å². The van der Waals surface area contributed by atoms with Crippen LogP contribution in [0.1, 0.15) is 24.9 Å². The molecule has 0 saturated carbocycles. The van der Waals surface area contributed by atoms with Crippen molar-refractivity contribution in [2.24, 2.45) is 5.92 Å². The van der Waals surface area contributed by atoms with Gasteiger partial charge in [0.2, 0.25) is 5.91 Å². The lowest BCUT2D eigenvalue weighted by molar-refractivity contribution is -0.149. The summed E-state index contributed by atoms with van der Waals surface area (Å²) in [4.78, 5) is 15.5. The van der Waals surface area contributed by atoms with E-state index in [4.69, 9.17) is 26.4 Å². The Bertz CT molecular complexity index is 968. The molecule has 2 aliphatic heterocycles. The van der Waals surface area contributed by atoms with Gasteiger partial charge >= 0.3 is 0 Å². The second-order valence-electron chi connectivity index (χ2n) is 7.82. The van der Waals surface area contributed by atoms with Crippen molar-refractivity contribution in [3.8, 4) is 11.5 Å². The zero-order valence-electron chi connectivity index (χ0n) is 17.9. The lowest BCUT2D eigenvalue weighted by atomic mass is 9.78. The number of para-hydroxylation sites is 1. The van der Waals surface area contributed by atoms with Gasteiger partial charge in [0.05, 0.1) is 13.2 Å². The average Bonchev–Trinajstić information content (AvgIpc) is 2.76. The van der Waals surface area contributed by atoms with Crippen molar-refractivity contribution in [3.63, 3.8) is 0 Å². The third kappa shape index (κ3) is 3.93. The Morgan fingerprint density at radius 1 is 1.23 bits per heavy atom. The largest absolute Gasteiger partial charge is 0.497 e. The van der Waals surface area contributed by atoms with Crippen molar-refractivity contribution in [1.29, 1.82) is 0 Å².